The molecule has 1 aromatic heterocycles. The van der Waals surface area contributed by atoms with Gasteiger partial charge in [-0.05, 0) is 24.1 Å². The smallest absolute Gasteiger partial charge is 0.269 e. The molecular formula is C21H20N4O5S. The maximum absolute atomic E-state index is 13.1. The van der Waals surface area contributed by atoms with E-state index in [4.69, 9.17) is 0 Å². The highest BCUT2D eigenvalue weighted by atomic mass is 32.2. The maximum atomic E-state index is 13.1. The molecule has 0 fully saturated rings. The zero-order chi connectivity index (χ0) is 22.2. The number of nitro groups is 1. The van der Waals surface area contributed by atoms with Gasteiger partial charge in [-0.1, -0.05) is 37.3 Å². The van der Waals surface area contributed by atoms with Gasteiger partial charge in [-0.15, -0.1) is 0 Å². The molecule has 0 aliphatic carbocycles. The predicted molar refractivity (Wildman–Crippen MR) is 115 cm³/mol. The lowest BCUT2D eigenvalue weighted by atomic mass is 9.95. The minimum Gasteiger partial charge on any atom is -0.310 e. The third-order valence-electron chi connectivity index (χ3n) is 5.26. The van der Waals surface area contributed by atoms with Gasteiger partial charge in [-0.25, -0.2) is 13.1 Å². The Kier molecular flexibility index (Phi) is 5.32. The van der Waals surface area contributed by atoms with Crippen LogP contribution in [0.5, 0.6) is 0 Å². The van der Waals surface area contributed by atoms with Crippen molar-refractivity contribution >= 4 is 27.2 Å². The van der Waals surface area contributed by atoms with Crippen LogP contribution in [0.4, 0.5) is 11.5 Å². The van der Waals surface area contributed by atoms with E-state index in [1.54, 1.807) is 0 Å². The zero-order valence-electron chi connectivity index (χ0n) is 16.7. The first kappa shape index (κ1) is 20.7. The van der Waals surface area contributed by atoms with Gasteiger partial charge < -0.3 is 5.32 Å². The third-order valence-corrected chi connectivity index (χ3v) is 6.70. The number of hydrogen-bond donors (Lipinski definition) is 1. The van der Waals surface area contributed by atoms with Crippen molar-refractivity contribution in [1.82, 2.24) is 9.78 Å². The summed E-state index contributed by atoms with van der Waals surface area (Å²) in [5.41, 5.74) is 2.09. The molecule has 31 heavy (non-hydrogen) atoms. The Morgan fingerprint density at radius 2 is 1.84 bits per heavy atom. The van der Waals surface area contributed by atoms with Crippen molar-refractivity contribution in [3.05, 3.63) is 81.5 Å². The summed E-state index contributed by atoms with van der Waals surface area (Å²) >= 11 is 0. The number of nitrogens with one attached hydrogen (secondary N) is 1. The second-order valence-corrected chi connectivity index (χ2v) is 9.42. The molecule has 160 valence electrons. The summed E-state index contributed by atoms with van der Waals surface area (Å²) in [6.45, 7) is 1.90. The summed E-state index contributed by atoms with van der Waals surface area (Å²) in [5, 5.41) is 18.2. The van der Waals surface area contributed by atoms with Crippen molar-refractivity contribution in [2.75, 3.05) is 5.32 Å². The monoisotopic (exact) mass is 440 g/mol. The molecule has 2 aromatic carbocycles. The molecule has 0 unspecified atom stereocenters. The van der Waals surface area contributed by atoms with Crippen LogP contribution in [0.1, 0.15) is 36.1 Å². The Bertz CT molecular complexity index is 1250. The normalized spacial score (nSPS) is 15.3. The summed E-state index contributed by atoms with van der Waals surface area (Å²) in [7, 11) is -3.33. The lowest BCUT2D eigenvalue weighted by molar-refractivity contribution is -0.384. The largest absolute Gasteiger partial charge is 0.310 e. The standard InChI is InChI=1S/C21H20N4O5S/c1-2-17(14-6-4-3-5-7-14)21(26)22-20-18-12-31(29,30)13-19(18)23-24(20)15-8-10-16(11-9-15)25(27)28/h3-11,17H,2,12-13H2,1H3,(H,22,26)/t17-/m1/s1. The van der Waals surface area contributed by atoms with Crippen LogP contribution < -0.4 is 5.32 Å². The summed E-state index contributed by atoms with van der Waals surface area (Å²) in [4.78, 5) is 23.6. The molecule has 0 spiro atoms. The molecule has 0 bridgehead atoms. The van der Waals surface area contributed by atoms with Gasteiger partial charge in [-0.3, -0.25) is 14.9 Å². The average Bonchev–Trinajstić information content (AvgIpc) is 3.22. The molecule has 1 aliphatic heterocycles. The molecule has 4 rings (SSSR count). The molecule has 1 N–H and O–H groups in total. The van der Waals surface area contributed by atoms with E-state index in [0.29, 0.717) is 23.4 Å². The molecule has 3 aromatic rings. The second-order valence-electron chi connectivity index (χ2n) is 7.35. The SMILES string of the molecule is CC[C@@H](C(=O)Nc1c2c(nn1-c1ccc([N+](=O)[O-])cc1)CS(=O)(=O)C2)c1ccccc1. The summed E-state index contributed by atoms with van der Waals surface area (Å²) < 4.78 is 25.7. The van der Waals surface area contributed by atoms with Crippen molar-refractivity contribution in [3.8, 4) is 5.69 Å². The molecule has 1 aliphatic rings. The lowest BCUT2D eigenvalue weighted by Gasteiger charge is -2.17. The van der Waals surface area contributed by atoms with Crippen molar-refractivity contribution in [2.24, 2.45) is 0 Å². The maximum Gasteiger partial charge on any atom is 0.269 e. The van der Waals surface area contributed by atoms with E-state index >= 15 is 0 Å². The highest BCUT2D eigenvalue weighted by molar-refractivity contribution is 7.90. The molecule has 1 atom stereocenters. The molecule has 10 heteroatoms. The summed E-state index contributed by atoms with van der Waals surface area (Å²) in [5.74, 6) is -0.836. The Labute approximate surface area is 178 Å². The minimum absolute atomic E-state index is 0.0771. The van der Waals surface area contributed by atoms with E-state index in [9.17, 15) is 23.3 Å². The molecule has 0 radical (unpaired) electrons. The number of anilines is 1. The van der Waals surface area contributed by atoms with E-state index in [-0.39, 0.29) is 28.9 Å². The highest BCUT2D eigenvalue weighted by Gasteiger charge is 2.34. The molecular weight excluding hydrogens is 420 g/mol. The van der Waals surface area contributed by atoms with Crippen LogP contribution in [0, 0.1) is 10.1 Å². The number of carbonyl (C=O) groups excluding carboxylic acids is 1. The first-order valence-corrected chi connectivity index (χ1v) is 11.5. The van der Waals surface area contributed by atoms with Crippen molar-refractivity contribution < 1.29 is 18.1 Å². The van der Waals surface area contributed by atoms with Gasteiger partial charge in [0, 0.05) is 17.7 Å². The molecule has 1 amide bonds. The molecule has 9 nitrogen and oxygen atoms in total. The van der Waals surface area contributed by atoms with E-state index in [0.717, 1.165) is 5.56 Å². The molecule has 0 saturated carbocycles. The molecule has 0 saturated heterocycles. The van der Waals surface area contributed by atoms with Gasteiger partial charge in [-0.2, -0.15) is 5.10 Å². The number of non-ortho nitro benzene ring substituents is 1. The molecule has 2 heterocycles. The van der Waals surface area contributed by atoms with Crippen LogP contribution in [0.25, 0.3) is 5.69 Å². The topological polar surface area (TPSA) is 124 Å². The number of hydrogen-bond acceptors (Lipinski definition) is 6. The van der Waals surface area contributed by atoms with Crippen LogP contribution in [-0.2, 0) is 26.1 Å². The van der Waals surface area contributed by atoms with Crippen molar-refractivity contribution in [1.29, 1.82) is 0 Å². The Balaban J connectivity index is 1.73. The van der Waals surface area contributed by atoms with Gasteiger partial charge in [0.05, 0.1) is 33.7 Å². The quantitative estimate of drug-likeness (QED) is 0.463. The van der Waals surface area contributed by atoms with E-state index < -0.39 is 20.7 Å². The fourth-order valence-corrected chi connectivity index (χ4v) is 5.23. The zero-order valence-corrected chi connectivity index (χ0v) is 17.5. The van der Waals surface area contributed by atoms with E-state index in [2.05, 4.69) is 10.4 Å². The fourth-order valence-electron chi connectivity index (χ4n) is 3.73. The fraction of sp³-hybridized carbons (Fsp3) is 0.238. The predicted octanol–water partition coefficient (Wildman–Crippen LogP) is 3.34. The number of sulfone groups is 1. The minimum atomic E-state index is -3.33. The van der Waals surface area contributed by atoms with Gasteiger partial charge >= 0.3 is 0 Å². The lowest BCUT2D eigenvalue weighted by Crippen LogP contribution is -2.23. The number of amides is 1. The number of carbonyl (C=O) groups is 1. The number of rotatable bonds is 6. The van der Waals surface area contributed by atoms with E-state index in [1.807, 2.05) is 37.3 Å². The number of benzene rings is 2. The van der Waals surface area contributed by atoms with Gasteiger partial charge in [0.25, 0.3) is 5.69 Å². The highest BCUT2D eigenvalue weighted by Crippen LogP contribution is 2.34. The first-order chi connectivity index (χ1) is 14.8. The average molecular weight is 440 g/mol. The van der Waals surface area contributed by atoms with Crippen LogP contribution >= 0.6 is 0 Å². The van der Waals surface area contributed by atoms with E-state index in [1.165, 1.54) is 28.9 Å². The Hall–Kier alpha value is -3.53. The van der Waals surface area contributed by atoms with Crippen LogP contribution in [0.3, 0.4) is 0 Å². The van der Waals surface area contributed by atoms with Crippen molar-refractivity contribution in [3.63, 3.8) is 0 Å². The Morgan fingerprint density at radius 3 is 2.45 bits per heavy atom. The third kappa shape index (κ3) is 4.06. The van der Waals surface area contributed by atoms with Crippen LogP contribution in [0.2, 0.25) is 0 Å². The van der Waals surface area contributed by atoms with Crippen LogP contribution in [0.15, 0.2) is 54.6 Å². The van der Waals surface area contributed by atoms with Gasteiger partial charge in [0.2, 0.25) is 5.91 Å². The first-order valence-electron chi connectivity index (χ1n) is 9.71. The summed E-state index contributed by atoms with van der Waals surface area (Å²) in [6.07, 6.45) is 0.558. The van der Waals surface area contributed by atoms with Crippen molar-refractivity contribution in [2.45, 2.75) is 30.8 Å². The number of nitro benzene ring substituents is 1. The van der Waals surface area contributed by atoms with Gasteiger partial charge in [0.1, 0.15) is 5.82 Å². The Morgan fingerprint density at radius 1 is 1.16 bits per heavy atom. The van der Waals surface area contributed by atoms with Crippen LogP contribution in [-0.4, -0.2) is 29.0 Å². The number of nitrogens with zero attached hydrogens (tertiary/aromatic N) is 3. The van der Waals surface area contributed by atoms with Gasteiger partial charge in [0.15, 0.2) is 9.84 Å². The summed E-state index contributed by atoms with van der Waals surface area (Å²) in [6, 6.07) is 15.0. The number of fused-ring (bicyclic) bond motifs is 1. The number of aromatic nitrogens is 2. The second kappa shape index (κ2) is 7.95.